The molecule has 0 aliphatic carbocycles. The van der Waals surface area contributed by atoms with Gasteiger partial charge in [0.15, 0.2) is 0 Å². The largest absolute Gasteiger partial charge is 0.456 e. The van der Waals surface area contributed by atoms with Crippen LogP contribution in [0.15, 0.2) is 24.8 Å². The molecule has 0 saturated carbocycles. The minimum absolute atomic E-state index is 0.128. The Morgan fingerprint density at radius 1 is 1.30 bits per heavy atom. The van der Waals surface area contributed by atoms with Crippen molar-refractivity contribution in [2.45, 2.75) is 46.3 Å². The second-order valence-corrected chi connectivity index (χ2v) is 8.22. The smallest absolute Gasteiger partial charge is 0.333 e. The lowest BCUT2D eigenvalue weighted by Gasteiger charge is -2.43. The van der Waals surface area contributed by atoms with E-state index in [1.54, 1.807) is 20.8 Å². The number of carbonyl (C=O) groups excluding carboxylic acids is 2. The molecule has 2 N–H and O–H groups in total. The Bertz CT molecular complexity index is 602. The molecule has 2 unspecified atom stereocenters. The molecule has 23 heavy (non-hydrogen) atoms. The predicted octanol–water partition coefficient (Wildman–Crippen LogP) is 1.47. The molecule has 0 radical (unpaired) electrons. The van der Waals surface area contributed by atoms with E-state index in [-0.39, 0.29) is 5.57 Å². The Balaban J connectivity index is 5.99. The van der Waals surface area contributed by atoms with Crippen molar-refractivity contribution in [3.63, 3.8) is 0 Å². The van der Waals surface area contributed by atoms with Gasteiger partial charge in [0.2, 0.25) is 5.91 Å². The van der Waals surface area contributed by atoms with Gasteiger partial charge in [0.1, 0.15) is 11.9 Å². The third kappa shape index (κ3) is 6.96. The lowest BCUT2D eigenvalue weighted by molar-refractivity contribution is -0.157. The van der Waals surface area contributed by atoms with Gasteiger partial charge in [-0.25, -0.2) is 4.79 Å². The molecule has 7 nitrogen and oxygen atoms in total. The van der Waals surface area contributed by atoms with Crippen molar-refractivity contribution >= 4 is 22.0 Å². The van der Waals surface area contributed by atoms with Gasteiger partial charge in [-0.1, -0.05) is 33.9 Å². The molecule has 0 aliphatic rings. The normalized spacial score (nSPS) is 15.9. The quantitative estimate of drug-likeness (QED) is 0.410. The van der Waals surface area contributed by atoms with Gasteiger partial charge in [-0.3, -0.25) is 9.35 Å². The van der Waals surface area contributed by atoms with Gasteiger partial charge in [-0.05, 0) is 19.9 Å². The van der Waals surface area contributed by atoms with Crippen LogP contribution < -0.4 is 5.32 Å². The fraction of sp³-hybridized carbons (Fsp3) is 0.600. The Hall–Kier alpha value is -1.67. The summed E-state index contributed by atoms with van der Waals surface area (Å²) in [5.74, 6) is -2.21. The van der Waals surface area contributed by atoms with Crippen LogP contribution in [0.3, 0.4) is 0 Å². The van der Waals surface area contributed by atoms with E-state index in [2.05, 4.69) is 18.5 Å². The average molecular weight is 347 g/mol. The molecule has 0 aromatic heterocycles. The second-order valence-electron chi connectivity index (χ2n) is 6.77. The molecule has 0 heterocycles. The van der Waals surface area contributed by atoms with Crippen LogP contribution in [0.2, 0.25) is 0 Å². The predicted molar refractivity (Wildman–Crippen MR) is 87.3 cm³/mol. The molecule has 1 amide bonds. The lowest BCUT2D eigenvalue weighted by Crippen LogP contribution is -2.63. The Kier molecular flexibility index (Phi) is 6.74. The number of nitrogens with one attached hydrogen (secondary N) is 1. The lowest BCUT2D eigenvalue weighted by atomic mass is 9.77. The second kappa shape index (κ2) is 7.27. The minimum Gasteiger partial charge on any atom is -0.456 e. The highest BCUT2D eigenvalue weighted by molar-refractivity contribution is 7.85. The van der Waals surface area contributed by atoms with Crippen molar-refractivity contribution in [1.29, 1.82) is 0 Å². The van der Waals surface area contributed by atoms with Crippen molar-refractivity contribution in [3.05, 3.63) is 24.8 Å². The molecular formula is C15H25NO6S. The first-order chi connectivity index (χ1) is 10.1. The molecule has 2 atom stereocenters. The Labute approximate surface area is 137 Å². The number of ether oxygens (including phenoxy) is 1. The summed E-state index contributed by atoms with van der Waals surface area (Å²) in [6.07, 6.45) is -0.0901. The van der Waals surface area contributed by atoms with Crippen molar-refractivity contribution < 1.29 is 27.3 Å². The molecular weight excluding hydrogens is 322 g/mol. The molecule has 0 bridgehead atoms. The molecule has 0 aliphatic heterocycles. The summed E-state index contributed by atoms with van der Waals surface area (Å²) < 4.78 is 37.4. The van der Waals surface area contributed by atoms with Crippen LogP contribution in [0.5, 0.6) is 0 Å². The number of amides is 1. The highest BCUT2D eigenvalue weighted by Crippen LogP contribution is 2.32. The molecule has 8 heteroatoms. The Morgan fingerprint density at radius 3 is 2.09 bits per heavy atom. The van der Waals surface area contributed by atoms with E-state index in [0.717, 1.165) is 6.08 Å². The molecule has 0 spiro atoms. The number of hydrogen-bond donors (Lipinski definition) is 2. The Morgan fingerprint density at radius 2 is 1.78 bits per heavy atom. The zero-order valence-corrected chi connectivity index (χ0v) is 15.0. The minimum atomic E-state index is -4.46. The van der Waals surface area contributed by atoms with Gasteiger partial charge in [-0.2, -0.15) is 8.42 Å². The third-order valence-corrected chi connectivity index (χ3v) is 3.98. The molecule has 132 valence electrons. The summed E-state index contributed by atoms with van der Waals surface area (Å²) >= 11 is 0. The molecule has 0 fully saturated rings. The highest BCUT2D eigenvalue weighted by Gasteiger charge is 2.47. The van der Waals surface area contributed by atoms with Gasteiger partial charge in [-0.15, -0.1) is 0 Å². The van der Waals surface area contributed by atoms with Gasteiger partial charge in [0.05, 0.1) is 5.54 Å². The fourth-order valence-corrected chi connectivity index (χ4v) is 3.34. The first-order valence-corrected chi connectivity index (χ1v) is 8.49. The van der Waals surface area contributed by atoms with E-state index in [1.165, 1.54) is 13.8 Å². The molecule has 0 rings (SSSR count). The summed E-state index contributed by atoms with van der Waals surface area (Å²) in [5, 5.41) is 2.45. The van der Waals surface area contributed by atoms with E-state index in [1.807, 2.05) is 0 Å². The summed E-state index contributed by atoms with van der Waals surface area (Å²) in [6.45, 7) is 14.8. The van der Waals surface area contributed by atoms with Crippen molar-refractivity contribution in [1.82, 2.24) is 5.32 Å². The van der Waals surface area contributed by atoms with Crippen LogP contribution in [0.1, 0.15) is 34.6 Å². The van der Waals surface area contributed by atoms with E-state index in [0.29, 0.717) is 0 Å². The van der Waals surface area contributed by atoms with E-state index in [9.17, 15) is 22.6 Å². The van der Waals surface area contributed by atoms with Gasteiger partial charge in [0.25, 0.3) is 10.1 Å². The maximum Gasteiger partial charge on any atom is 0.333 e. The fourth-order valence-electron chi connectivity index (χ4n) is 2.36. The summed E-state index contributed by atoms with van der Waals surface area (Å²) in [4.78, 5) is 23.6. The number of rotatable bonds is 7. The maximum absolute atomic E-state index is 11.9. The first-order valence-electron chi connectivity index (χ1n) is 6.88. The molecule has 0 aromatic rings. The molecule has 0 aromatic carbocycles. The van der Waals surface area contributed by atoms with Crippen molar-refractivity contribution in [3.8, 4) is 0 Å². The van der Waals surface area contributed by atoms with Gasteiger partial charge >= 0.3 is 5.97 Å². The summed E-state index contributed by atoms with van der Waals surface area (Å²) in [7, 11) is -4.46. The van der Waals surface area contributed by atoms with Crippen LogP contribution in [0.25, 0.3) is 0 Å². The van der Waals surface area contributed by atoms with Gasteiger partial charge < -0.3 is 10.1 Å². The average Bonchev–Trinajstić information content (AvgIpc) is 2.30. The van der Waals surface area contributed by atoms with E-state index < -0.39 is 44.8 Å². The van der Waals surface area contributed by atoms with Crippen LogP contribution in [-0.2, 0) is 24.4 Å². The maximum atomic E-state index is 11.9. The van der Waals surface area contributed by atoms with Crippen molar-refractivity contribution in [2.24, 2.45) is 5.41 Å². The van der Waals surface area contributed by atoms with Crippen LogP contribution in [0, 0.1) is 5.41 Å². The van der Waals surface area contributed by atoms with Crippen LogP contribution in [0.4, 0.5) is 0 Å². The SMILES string of the molecule is C=CC(=O)NC(C)(CS(=O)(=O)O)C(OC(=O)C(=C)C)C(C)(C)C. The zero-order valence-electron chi connectivity index (χ0n) is 14.2. The third-order valence-electron chi connectivity index (χ3n) is 3.01. The first kappa shape index (κ1) is 21.3. The summed E-state index contributed by atoms with van der Waals surface area (Å²) in [5.41, 5.74) is -2.18. The standard InChI is InChI=1S/C15H25NO6S/c1-8-11(17)16-15(7,9-23(19,20)21)13(14(4,5)6)22-12(18)10(2)3/h8,13H,1-2,9H2,3-7H3,(H,16,17)(H,19,20,21). The number of esters is 1. The van der Waals surface area contributed by atoms with Crippen molar-refractivity contribution in [2.75, 3.05) is 5.75 Å². The monoisotopic (exact) mass is 347 g/mol. The number of hydrogen-bond acceptors (Lipinski definition) is 5. The van der Waals surface area contributed by atoms with E-state index >= 15 is 0 Å². The molecule has 0 saturated heterocycles. The van der Waals surface area contributed by atoms with Gasteiger partial charge in [0, 0.05) is 11.0 Å². The topological polar surface area (TPSA) is 110 Å². The highest BCUT2D eigenvalue weighted by atomic mass is 32.2. The van der Waals surface area contributed by atoms with Crippen LogP contribution >= 0.6 is 0 Å². The summed E-state index contributed by atoms with van der Waals surface area (Å²) in [6, 6.07) is 0. The van der Waals surface area contributed by atoms with E-state index in [4.69, 9.17) is 4.74 Å². The zero-order chi connectivity index (χ0) is 18.6. The number of carbonyl (C=O) groups is 2. The van der Waals surface area contributed by atoms with Crippen LogP contribution in [-0.4, -0.2) is 42.2 Å².